The lowest BCUT2D eigenvalue weighted by Crippen LogP contribution is -2.36. The van der Waals surface area contributed by atoms with Crippen LogP contribution in [0.3, 0.4) is 0 Å². The third-order valence-electron chi connectivity index (χ3n) is 3.33. The maximum atomic E-state index is 13.2. The summed E-state index contributed by atoms with van der Waals surface area (Å²) in [6.07, 6.45) is 2.56. The van der Waals surface area contributed by atoms with Gasteiger partial charge in [-0.2, -0.15) is 0 Å². The second-order valence-electron chi connectivity index (χ2n) is 4.38. The van der Waals surface area contributed by atoms with Crippen molar-refractivity contribution in [1.29, 1.82) is 0 Å². The van der Waals surface area contributed by atoms with Crippen molar-refractivity contribution in [2.24, 2.45) is 11.7 Å². The number of nitrogens with two attached hydrogens (primary N) is 1. The molecule has 0 aliphatic heterocycles. The minimum absolute atomic E-state index is 0.0779. The van der Waals surface area contributed by atoms with Gasteiger partial charge < -0.3 is 10.8 Å². The Morgan fingerprint density at radius 1 is 1.44 bits per heavy atom. The summed E-state index contributed by atoms with van der Waals surface area (Å²) >= 11 is 5.59. The summed E-state index contributed by atoms with van der Waals surface area (Å²) in [5, 5.41) is 10.0. The van der Waals surface area contributed by atoms with Crippen LogP contribution in [0.2, 0.25) is 5.02 Å². The molecule has 0 radical (unpaired) electrons. The fourth-order valence-corrected chi connectivity index (χ4v) is 2.11. The zero-order valence-electron chi connectivity index (χ0n) is 8.87. The van der Waals surface area contributed by atoms with Crippen LogP contribution in [0.5, 0.6) is 0 Å². The Labute approximate surface area is 99.2 Å². The van der Waals surface area contributed by atoms with E-state index in [1.54, 1.807) is 6.07 Å². The molecule has 1 fully saturated rings. The van der Waals surface area contributed by atoms with E-state index >= 15 is 0 Å². The van der Waals surface area contributed by atoms with Gasteiger partial charge in [-0.05, 0) is 36.5 Å². The first-order chi connectivity index (χ1) is 7.59. The molecule has 0 heterocycles. The van der Waals surface area contributed by atoms with Crippen LogP contribution < -0.4 is 5.73 Å². The van der Waals surface area contributed by atoms with E-state index in [1.807, 2.05) is 0 Å². The second kappa shape index (κ2) is 4.70. The van der Waals surface area contributed by atoms with Gasteiger partial charge in [0.25, 0.3) is 0 Å². The van der Waals surface area contributed by atoms with Crippen LogP contribution in [0.25, 0.3) is 0 Å². The number of aliphatic hydroxyl groups excluding tert-OH is 1. The summed E-state index contributed by atoms with van der Waals surface area (Å²) in [6, 6.07) is 3.91. The van der Waals surface area contributed by atoms with Crippen LogP contribution in [0.15, 0.2) is 18.2 Å². The van der Waals surface area contributed by atoms with Crippen molar-refractivity contribution in [2.75, 3.05) is 0 Å². The molecule has 1 aliphatic carbocycles. The molecule has 0 spiro atoms. The van der Waals surface area contributed by atoms with Crippen LogP contribution in [0.1, 0.15) is 30.9 Å². The fraction of sp³-hybridized carbons (Fsp3) is 0.500. The summed E-state index contributed by atoms with van der Waals surface area (Å²) in [4.78, 5) is 0. The van der Waals surface area contributed by atoms with Gasteiger partial charge in [0.15, 0.2) is 0 Å². The first-order valence-corrected chi connectivity index (χ1v) is 5.86. The van der Waals surface area contributed by atoms with E-state index in [0.717, 1.165) is 19.3 Å². The minimum Gasteiger partial charge on any atom is -0.391 e. The molecule has 0 unspecified atom stereocenters. The Kier molecular flexibility index (Phi) is 3.47. The number of rotatable bonds is 3. The monoisotopic (exact) mass is 243 g/mol. The van der Waals surface area contributed by atoms with Crippen LogP contribution in [-0.4, -0.2) is 11.2 Å². The third kappa shape index (κ3) is 2.21. The van der Waals surface area contributed by atoms with E-state index in [1.165, 1.54) is 12.1 Å². The molecule has 1 aromatic rings. The Morgan fingerprint density at radius 3 is 2.62 bits per heavy atom. The highest BCUT2D eigenvalue weighted by molar-refractivity contribution is 6.30. The highest BCUT2D eigenvalue weighted by Crippen LogP contribution is 2.34. The van der Waals surface area contributed by atoms with Gasteiger partial charge in [-0.3, -0.25) is 0 Å². The topological polar surface area (TPSA) is 46.2 Å². The molecule has 2 rings (SSSR count). The smallest absolute Gasteiger partial charge is 0.142 e. The van der Waals surface area contributed by atoms with E-state index < -0.39 is 18.0 Å². The lowest BCUT2D eigenvalue weighted by molar-refractivity contribution is 0.0413. The maximum Gasteiger partial charge on any atom is 0.142 e. The summed E-state index contributed by atoms with van der Waals surface area (Å²) in [5.41, 5.74) is 6.51. The number of halogens is 2. The Hall–Kier alpha value is -0.640. The molecule has 1 aromatic carbocycles. The SMILES string of the molecule is N[C@H](c1ccc(Cl)c(F)c1)[C@@H](O)C1CCC1. The minimum atomic E-state index is -0.589. The van der Waals surface area contributed by atoms with E-state index in [-0.39, 0.29) is 10.9 Å². The molecule has 1 aliphatic rings. The molecule has 2 nitrogen and oxygen atoms in total. The van der Waals surface area contributed by atoms with Crippen LogP contribution >= 0.6 is 11.6 Å². The largest absolute Gasteiger partial charge is 0.391 e. The third-order valence-corrected chi connectivity index (χ3v) is 3.64. The molecule has 2 atom stereocenters. The Bertz CT molecular complexity index is 381. The van der Waals surface area contributed by atoms with Crippen molar-refractivity contribution in [3.63, 3.8) is 0 Å². The molecule has 0 amide bonds. The van der Waals surface area contributed by atoms with Gasteiger partial charge in [0.2, 0.25) is 0 Å². The van der Waals surface area contributed by atoms with Crippen LogP contribution in [0.4, 0.5) is 4.39 Å². The molecule has 0 aromatic heterocycles. The van der Waals surface area contributed by atoms with Crippen molar-refractivity contribution in [2.45, 2.75) is 31.4 Å². The highest BCUT2D eigenvalue weighted by Gasteiger charge is 2.30. The number of aliphatic hydroxyl groups is 1. The standard InChI is InChI=1S/C12H15ClFNO/c13-9-5-4-8(6-10(9)14)11(15)12(16)7-2-1-3-7/h4-7,11-12,16H,1-3,15H2/t11-,12+/m1/s1. The summed E-state index contributed by atoms with van der Waals surface area (Å²) in [7, 11) is 0. The zero-order chi connectivity index (χ0) is 11.7. The van der Waals surface area contributed by atoms with Crippen LogP contribution in [-0.2, 0) is 0 Å². The van der Waals surface area contributed by atoms with Crippen molar-refractivity contribution < 1.29 is 9.50 Å². The normalized spacial score (nSPS) is 20.2. The molecule has 16 heavy (non-hydrogen) atoms. The lowest BCUT2D eigenvalue weighted by Gasteiger charge is -2.33. The molecule has 3 N–H and O–H groups in total. The molecular formula is C12H15ClFNO. The zero-order valence-corrected chi connectivity index (χ0v) is 9.62. The van der Waals surface area contributed by atoms with Gasteiger partial charge in [0.1, 0.15) is 5.82 Å². The molecule has 4 heteroatoms. The van der Waals surface area contributed by atoms with Crippen molar-refractivity contribution >= 4 is 11.6 Å². The number of hydrogen-bond donors (Lipinski definition) is 2. The molecule has 0 bridgehead atoms. The van der Waals surface area contributed by atoms with Crippen molar-refractivity contribution in [3.8, 4) is 0 Å². The van der Waals surface area contributed by atoms with Crippen molar-refractivity contribution in [1.82, 2.24) is 0 Å². The van der Waals surface area contributed by atoms with Crippen molar-refractivity contribution in [3.05, 3.63) is 34.6 Å². The predicted molar refractivity (Wildman–Crippen MR) is 61.7 cm³/mol. The molecule has 1 saturated carbocycles. The number of benzene rings is 1. The van der Waals surface area contributed by atoms with E-state index in [2.05, 4.69) is 0 Å². The lowest BCUT2D eigenvalue weighted by atomic mass is 9.77. The summed E-state index contributed by atoms with van der Waals surface area (Å²) in [6.45, 7) is 0. The van der Waals surface area contributed by atoms with Gasteiger partial charge in [-0.1, -0.05) is 24.1 Å². The number of hydrogen-bond acceptors (Lipinski definition) is 2. The van der Waals surface area contributed by atoms with Gasteiger partial charge in [0, 0.05) is 0 Å². The Morgan fingerprint density at radius 2 is 2.12 bits per heavy atom. The fourth-order valence-electron chi connectivity index (χ4n) is 1.99. The summed E-state index contributed by atoms with van der Waals surface area (Å²) < 4.78 is 13.2. The second-order valence-corrected chi connectivity index (χ2v) is 4.79. The van der Waals surface area contributed by atoms with Gasteiger partial charge >= 0.3 is 0 Å². The average Bonchev–Trinajstić information content (AvgIpc) is 2.18. The first kappa shape index (κ1) is 11.8. The molecule has 0 saturated heterocycles. The van der Waals surface area contributed by atoms with Gasteiger partial charge in [-0.15, -0.1) is 0 Å². The van der Waals surface area contributed by atoms with Crippen LogP contribution in [0, 0.1) is 11.7 Å². The van der Waals surface area contributed by atoms with E-state index in [0.29, 0.717) is 5.56 Å². The molecule has 88 valence electrons. The molecular weight excluding hydrogens is 229 g/mol. The Balaban J connectivity index is 2.12. The van der Waals surface area contributed by atoms with Gasteiger partial charge in [0.05, 0.1) is 17.2 Å². The maximum absolute atomic E-state index is 13.2. The highest BCUT2D eigenvalue weighted by atomic mass is 35.5. The van der Waals surface area contributed by atoms with Gasteiger partial charge in [-0.25, -0.2) is 4.39 Å². The van der Waals surface area contributed by atoms with E-state index in [4.69, 9.17) is 17.3 Å². The predicted octanol–water partition coefficient (Wildman–Crippen LogP) is 2.64. The first-order valence-electron chi connectivity index (χ1n) is 5.48. The van der Waals surface area contributed by atoms with E-state index in [9.17, 15) is 9.50 Å². The quantitative estimate of drug-likeness (QED) is 0.857. The average molecular weight is 244 g/mol. The summed E-state index contributed by atoms with van der Waals surface area (Å²) in [5.74, 6) is -0.232.